The van der Waals surface area contributed by atoms with Gasteiger partial charge in [0.2, 0.25) is 23.6 Å². The van der Waals surface area contributed by atoms with Crippen molar-refractivity contribution in [2.45, 2.75) is 44.3 Å². The summed E-state index contributed by atoms with van der Waals surface area (Å²) in [6.07, 6.45) is 0.312. The number of nitrogens with two attached hydrogens (primary N) is 1. The fraction of sp³-hybridized carbons (Fsp3) is 0.442. The maximum atomic E-state index is 15.8. The van der Waals surface area contributed by atoms with Crippen LogP contribution in [0.2, 0.25) is 0 Å². The smallest absolute Gasteiger partial charge is 0.255 e. The van der Waals surface area contributed by atoms with Gasteiger partial charge < -0.3 is 61.6 Å². The third kappa shape index (κ3) is 9.84. The lowest BCUT2D eigenvalue weighted by atomic mass is 9.87. The number of rotatable bonds is 9. The van der Waals surface area contributed by atoms with Gasteiger partial charge in [-0.05, 0) is 75.3 Å². The Hall–Kier alpha value is -6.47. The van der Waals surface area contributed by atoms with Crippen molar-refractivity contribution in [3.05, 3.63) is 71.0 Å². The van der Waals surface area contributed by atoms with Gasteiger partial charge in [0, 0.05) is 56.9 Å². The first-order valence-electron chi connectivity index (χ1n) is 20.7. The van der Waals surface area contributed by atoms with Crippen molar-refractivity contribution >= 4 is 52.4 Å². The maximum Gasteiger partial charge on any atom is 0.255 e. The Kier molecular flexibility index (Phi) is 13.4. The Labute approximate surface area is 357 Å². The zero-order chi connectivity index (χ0) is 44.1. The van der Waals surface area contributed by atoms with E-state index in [4.69, 9.17) is 15.2 Å². The number of piperazine rings is 1. The van der Waals surface area contributed by atoms with Gasteiger partial charge in [-0.2, -0.15) is 0 Å². The molecular formula is C43H52FN9O9. The highest BCUT2D eigenvalue weighted by Crippen LogP contribution is 2.49. The molecule has 0 saturated carbocycles. The molecule has 8 N–H and O–H groups in total. The van der Waals surface area contributed by atoms with E-state index in [-0.39, 0.29) is 86.5 Å². The molecule has 4 atom stereocenters. The molecule has 4 aliphatic heterocycles. The highest BCUT2D eigenvalue weighted by molar-refractivity contribution is 6.16. The number of likely N-dealkylation sites (N-methyl/N-ethyl adjacent to an activating group) is 1. The van der Waals surface area contributed by atoms with Gasteiger partial charge in [0.05, 0.1) is 29.9 Å². The number of anilines is 3. The van der Waals surface area contributed by atoms with Gasteiger partial charge in [-0.1, -0.05) is 12.1 Å². The first kappa shape index (κ1) is 43.6. The zero-order valence-corrected chi connectivity index (χ0v) is 34.6. The van der Waals surface area contributed by atoms with Crippen LogP contribution in [0, 0.1) is 11.7 Å². The fourth-order valence-electron chi connectivity index (χ4n) is 8.05. The minimum Gasteiger partial charge on any atom is -0.508 e. The van der Waals surface area contributed by atoms with Crippen LogP contribution in [0.25, 0.3) is 0 Å². The molecule has 1 fully saturated rings. The van der Waals surface area contributed by atoms with E-state index in [1.54, 1.807) is 12.1 Å². The number of amides is 5. The fourth-order valence-corrected chi connectivity index (χ4v) is 8.05. The number of phenolic OH excluding ortho intramolecular Hbond substituents is 1. The highest BCUT2D eigenvalue weighted by Gasteiger charge is 2.44. The van der Waals surface area contributed by atoms with Crippen molar-refractivity contribution in [1.29, 1.82) is 0 Å². The Bertz CT molecular complexity index is 2220. The molecule has 7 rings (SSSR count). The molecule has 5 amide bonds. The third-order valence-corrected chi connectivity index (χ3v) is 11.4. The number of nitrogens with one attached hydrogen (secondary N) is 5. The van der Waals surface area contributed by atoms with E-state index >= 15 is 4.39 Å². The lowest BCUT2D eigenvalue weighted by molar-refractivity contribution is -0.129. The van der Waals surface area contributed by atoms with Crippen LogP contribution < -0.4 is 51.6 Å². The van der Waals surface area contributed by atoms with Crippen LogP contribution in [0.5, 0.6) is 17.2 Å². The monoisotopic (exact) mass is 857 g/mol. The van der Waals surface area contributed by atoms with Gasteiger partial charge in [0.1, 0.15) is 42.4 Å². The quantitative estimate of drug-likeness (QED) is 0.146. The van der Waals surface area contributed by atoms with Crippen molar-refractivity contribution in [2.75, 3.05) is 87.7 Å². The molecular weight excluding hydrogens is 806 g/mol. The first-order valence-corrected chi connectivity index (χ1v) is 20.7. The van der Waals surface area contributed by atoms with E-state index < -0.39 is 65.7 Å². The van der Waals surface area contributed by atoms with Crippen LogP contribution >= 0.6 is 0 Å². The first-order chi connectivity index (χ1) is 29.8. The van der Waals surface area contributed by atoms with Crippen LogP contribution in [-0.4, -0.2) is 136 Å². The number of benzene rings is 3. The number of carbonyl (C=O) groups is 6. The van der Waals surface area contributed by atoms with Gasteiger partial charge in [-0.3, -0.25) is 28.8 Å². The molecule has 0 aliphatic carbocycles. The standard InChI is InChI=1S/C43H52FN9O9/c1-24-22-62-40-37-30(19-32(44)38(40)52-15-13-51(2)14-16-52)39(57)31(21-53(24)37)42(59)47-20-36(56)48-26-5-8-34-29(18-26)41(58)46-12-10-35(55)50-33(9-11-45)43(60)49-27(23-61-34)17-25-3-6-28(54)7-4-25/h3-8,18-19,24,27,31,33,54H,9-17,20-23,45H2,1-2H3,(H,46,58)(H,47,59)(H,48,56)(H,49,60)(H,50,55)/t24?,27-,31?,33+/m1/s1. The molecule has 62 heavy (non-hydrogen) atoms. The minimum atomic E-state index is -1.22. The van der Waals surface area contributed by atoms with E-state index in [0.717, 1.165) is 18.7 Å². The summed E-state index contributed by atoms with van der Waals surface area (Å²) in [4.78, 5) is 86.3. The Morgan fingerprint density at radius 1 is 0.952 bits per heavy atom. The Morgan fingerprint density at radius 2 is 1.71 bits per heavy atom. The molecule has 19 heteroatoms. The molecule has 3 aromatic rings. The lowest BCUT2D eigenvalue weighted by Gasteiger charge is -2.44. The van der Waals surface area contributed by atoms with E-state index in [1.165, 1.54) is 36.4 Å². The molecule has 3 aromatic carbocycles. The maximum absolute atomic E-state index is 15.8. The largest absolute Gasteiger partial charge is 0.508 e. The number of nitrogens with zero attached hydrogens (tertiary/aromatic N) is 3. The summed E-state index contributed by atoms with van der Waals surface area (Å²) >= 11 is 0. The summed E-state index contributed by atoms with van der Waals surface area (Å²) in [5.41, 5.74) is 7.54. The number of halogens is 1. The second-order valence-electron chi connectivity index (χ2n) is 16.0. The van der Waals surface area contributed by atoms with Crippen LogP contribution in [-0.2, 0) is 25.6 Å². The SMILES string of the molecule is CC1COc2c(N3CCN(C)CC3)c(F)cc3c2N1CC(C(=O)NCC(=O)Nc1ccc2c(c1)C(=O)NCCC(=O)N[C@@H](CCN)C(=O)N[C@H](Cc1ccc(O)cc1)CO2)C3=O. The second kappa shape index (κ2) is 19.1. The molecule has 0 spiro atoms. The number of aromatic hydroxyl groups is 1. The molecule has 1 saturated heterocycles. The van der Waals surface area contributed by atoms with Crippen LogP contribution in [0.4, 0.5) is 21.5 Å². The van der Waals surface area contributed by atoms with E-state index in [0.29, 0.717) is 30.2 Å². The van der Waals surface area contributed by atoms with Crippen molar-refractivity contribution < 1.29 is 47.7 Å². The number of hydrogen-bond acceptors (Lipinski definition) is 13. The topological polar surface area (TPSA) is 237 Å². The molecule has 4 aliphatic rings. The number of phenols is 1. The second-order valence-corrected chi connectivity index (χ2v) is 16.0. The molecule has 0 bridgehead atoms. The molecule has 4 heterocycles. The predicted octanol–water partition coefficient (Wildman–Crippen LogP) is 0.511. The van der Waals surface area contributed by atoms with Gasteiger partial charge >= 0.3 is 0 Å². The normalized spacial score (nSPS) is 22.1. The lowest BCUT2D eigenvalue weighted by Crippen LogP contribution is -2.53. The Morgan fingerprint density at radius 3 is 2.45 bits per heavy atom. The Balaban J connectivity index is 1.04. The molecule has 2 unspecified atom stereocenters. The van der Waals surface area contributed by atoms with E-state index in [9.17, 15) is 33.9 Å². The molecule has 0 radical (unpaired) electrons. The van der Waals surface area contributed by atoms with Gasteiger partial charge in [-0.15, -0.1) is 0 Å². The average Bonchev–Trinajstić information content (AvgIpc) is 3.24. The summed E-state index contributed by atoms with van der Waals surface area (Å²) in [7, 11) is 2.00. The summed E-state index contributed by atoms with van der Waals surface area (Å²) < 4.78 is 28.0. The molecule has 18 nitrogen and oxygen atoms in total. The van der Waals surface area contributed by atoms with Crippen molar-refractivity contribution in [1.82, 2.24) is 26.2 Å². The van der Waals surface area contributed by atoms with Gasteiger partial charge in [0.15, 0.2) is 17.3 Å². The van der Waals surface area contributed by atoms with Crippen LogP contribution in [0.3, 0.4) is 0 Å². The predicted molar refractivity (Wildman–Crippen MR) is 226 cm³/mol. The number of hydrogen-bond donors (Lipinski definition) is 7. The van der Waals surface area contributed by atoms with Crippen LogP contribution in [0.1, 0.15) is 46.0 Å². The summed E-state index contributed by atoms with van der Waals surface area (Å²) in [5, 5.41) is 23.2. The number of fused-ring (bicyclic) bond motifs is 1. The summed E-state index contributed by atoms with van der Waals surface area (Å²) in [6.45, 7) is 4.24. The highest BCUT2D eigenvalue weighted by atomic mass is 19.1. The molecule has 0 aromatic heterocycles. The number of ether oxygens (including phenoxy) is 2. The van der Waals surface area contributed by atoms with Crippen LogP contribution in [0.15, 0.2) is 48.5 Å². The molecule has 330 valence electrons. The van der Waals surface area contributed by atoms with Gasteiger partial charge in [-0.25, -0.2) is 4.39 Å². The van der Waals surface area contributed by atoms with Gasteiger partial charge in [0.25, 0.3) is 5.91 Å². The van der Waals surface area contributed by atoms with E-state index in [1.807, 2.05) is 23.8 Å². The number of ketones is 1. The average molecular weight is 858 g/mol. The number of Topliss-reactive ketones (excluding diaryl/α,β-unsaturated/α-hetero) is 1. The minimum absolute atomic E-state index is 0.0139. The number of carbonyl (C=O) groups excluding carboxylic acids is 6. The van der Waals surface area contributed by atoms with Crippen molar-refractivity contribution in [2.24, 2.45) is 11.7 Å². The summed E-state index contributed by atoms with van der Waals surface area (Å²) in [6, 6.07) is 10.2. The van der Waals surface area contributed by atoms with Crippen molar-refractivity contribution in [3.8, 4) is 17.2 Å². The zero-order valence-electron chi connectivity index (χ0n) is 34.6. The van der Waals surface area contributed by atoms with Crippen molar-refractivity contribution in [3.63, 3.8) is 0 Å². The third-order valence-electron chi connectivity index (χ3n) is 11.4. The van der Waals surface area contributed by atoms with E-state index in [2.05, 4.69) is 31.5 Å². The summed E-state index contributed by atoms with van der Waals surface area (Å²) in [5.74, 6) is -4.81.